The Morgan fingerprint density at radius 1 is 1.21 bits per heavy atom. The molecule has 2 fully saturated rings. The Balaban J connectivity index is 0.00000300. The SMILES string of the molecule is CCCC1CCC(NC(=NC)NCc2cccc(CN3CCCC3=O)c2)CC1.I. The van der Waals surface area contributed by atoms with Gasteiger partial charge in [0.15, 0.2) is 5.96 Å². The lowest BCUT2D eigenvalue weighted by atomic mass is 9.83. The molecular weight excluding hydrogens is 475 g/mol. The van der Waals surface area contributed by atoms with Crippen molar-refractivity contribution in [1.82, 2.24) is 15.5 Å². The van der Waals surface area contributed by atoms with E-state index in [2.05, 4.69) is 46.8 Å². The number of likely N-dealkylation sites (tertiary alicyclic amines) is 1. The predicted octanol–water partition coefficient (Wildman–Crippen LogP) is 4.45. The van der Waals surface area contributed by atoms with Crippen molar-refractivity contribution in [1.29, 1.82) is 0 Å². The van der Waals surface area contributed by atoms with Crippen molar-refractivity contribution in [3.05, 3.63) is 35.4 Å². The van der Waals surface area contributed by atoms with Crippen LogP contribution in [0.2, 0.25) is 0 Å². The maximum atomic E-state index is 11.9. The fourth-order valence-corrected chi connectivity index (χ4v) is 4.51. The van der Waals surface area contributed by atoms with E-state index >= 15 is 0 Å². The molecular formula is C23H37IN4O. The first kappa shape index (κ1) is 24.0. The summed E-state index contributed by atoms with van der Waals surface area (Å²) in [6.45, 7) is 4.64. The van der Waals surface area contributed by atoms with Crippen LogP contribution in [0.4, 0.5) is 0 Å². The number of nitrogens with one attached hydrogen (secondary N) is 2. The van der Waals surface area contributed by atoms with Gasteiger partial charge in [0.25, 0.3) is 0 Å². The maximum absolute atomic E-state index is 11.9. The highest BCUT2D eigenvalue weighted by Crippen LogP contribution is 2.27. The van der Waals surface area contributed by atoms with E-state index in [0.29, 0.717) is 12.5 Å². The molecule has 0 unspecified atom stereocenters. The highest BCUT2D eigenvalue weighted by atomic mass is 127. The van der Waals surface area contributed by atoms with Crippen molar-refractivity contribution < 1.29 is 4.79 Å². The molecule has 29 heavy (non-hydrogen) atoms. The normalized spacial score (nSPS) is 22.3. The molecule has 6 heteroatoms. The molecule has 0 spiro atoms. The summed E-state index contributed by atoms with van der Waals surface area (Å²) in [7, 11) is 1.84. The Kier molecular flexibility index (Phi) is 10.2. The lowest BCUT2D eigenvalue weighted by Crippen LogP contribution is -2.44. The summed E-state index contributed by atoms with van der Waals surface area (Å²) in [4.78, 5) is 18.2. The van der Waals surface area contributed by atoms with Gasteiger partial charge in [0.1, 0.15) is 0 Å². The van der Waals surface area contributed by atoms with E-state index in [-0.39, 0.29) is 29.9 Å². The Morgan fingerprint density at radius 2 is 1.97 bits per heavy atom. The van der Waals surface area contributed by atoms with Gasteiger partial charge in [0, 0.05) is 39.1 Å². The highest BCUT2D eigenvalue weighted by molar-refractivity contribution is 14.0. The Bertz CT molecular complexity index is 671. The predicted molar refractivity (Wildman–Crippen MR) is 130 cm³/mol. The topological polar surface area (TPSA) is 56.7 Å². The van der Waals surface area contributed by atoms with Gasteiger partial charge in [-0.25, -0.2) is 0 Å². The van der Waals surface area contributed by atoms with Gasteiger partial charge in [0.05, 0.1) is 0 Å². The zero-order valence-electron chi connectivity index (χ0n) is 18.0. The van der Waals surface area contributed by atoms with Gasteiger partial charge in [-0.15, -0.1) is 24.0 Å². The summed E-state index contributed by atoms with van der Waals surface area (Å²) in [5.74, 6) is 2.09. The first-order valence-corrected chi connectivity index (χ1v) is 11.0. The van der Waals surface area contributed by atoms with Crippen LogP contribution in [-0.4, -0.2) is 36.4 Å². The summed E-state index contributed by atoms with van der Waals surface area (Å²) < 4.78 is 0. The third-order valence-corrected chi connectivity index (χ3v) is 6.10. The first-order chi connectivity index (χ1) is 13.7. The largest absolute Gasteiger partial charge is 0.354 e. The van der Waals surface area contributed by atoms with E-state index in [4.69, 9.17) is 0 Å². The summed E-state index contributed by atoms with van der Waals surface area (Å²) in [6, 6.07) is 9.05. The Labute approximate surface area is 193 Å². The van der Waals surface area contributed by atoms with Crippen LogP contribution in [-0.2, 0) is 17.9 Å². The number of carbonyl (C=O) groups excluding carboxylic acids is 1. The minimum Gasteiger partial charge on any atom is -0.354 e. The highest BCUT2D eigenvalue weighted by Gasteiger charge is 2.21. The molecule has 1 saturated carbocycles. The quantitative estimate of drug-likeness (QED) is 0.323. The molecule has 5 nitrogen and oxygen atoms in total. The molecule has 1 amide bonds. The number of aliphatic imine (C=N–C) groups is 1. The molecule has 0 aromatic heterocycles. The molecule has 0 bridgehead atoms. The third kappa shape index (κ3) is 7.46. The van der Waals surface area contributed by atoms with Gasteiger partial charge < -0.3 is 15.5 Å². The van der Waals surface area contributed by atoms with Gasteiger partial charge in [-0.3, -0.25) is 9.79 Å². The van der Waals surface area contributed by atoms with E-state index in [9.17, 15) is 4.79 Å². The maximum Gasteiger partial charge on any atom is 0.222 e. The number of hydrogen-bond acceptors (Lipinski definition) is 2. The molecule has 0 radical (unpaired) electrons. The van der Waals surface area contributed by atoms with Crippen molar-refractivity contribution in [3.63, 3.8) is 0 Å². The fraction of sp³-hybridized carbons (Fsp3) is 0.652. The van der Waals surface area contributed by atoms with Crippen molar-refractivity contribution >= 4 is 35.8 Å². The molecule has 1 aromatic carbocycles. The monoisotopic (exact) mass is 512 g/mol. The van der Waals surface area contributed by atoms with E-state index in [1.165, 1.54) is 49.7 Å². The molecule has 1 aromatic rings. The molecule has 162 valence electrons. The van der Waals surface area contributed by atoms with Crippen LogP contribution in [0.3, 0.4) is 0 Å². The number of guanidine groups is 1. The van der Waals surface area contributed by atoms with Crippen molar-refractivity contribution in [2.45, 2.75) is 77.4 Å². The van der Waals surface area contributed by atoms with Crippen LogP contribution in [0.15, 0.2) is 29.3 Å². The van der Waals surface area contributed by atoms with Crippen LogP contribution in [0.5, 0.6) is 0 Å². The second kappa shape index (κ2) is 12.4. The summed E-state index contributed by atoms with van der Waals surface area (Å²) in [6.07, 6.45) is 9.51. The lowest BCUT2D eigenvalue weighted by molar-refractivity contribution is -0.128. The van der Waals surface area contributed by atoms with Gasteiger partial charge in [-0.05, 0) is 49.1 Å². The molecule has 1 aliphatic carbocycles. The van der Waals surface area contributed by atoms with Crippen molar-refractivity contribution in [2.24, 2.45) is 10.9 Å². The van der Waals surface area contributed by atoms with Crippen LogP contribution in [0, 0.1) is 5.92 Å². The fourth-order valence-electron chi connectivity index (χ4n) is 4.51. The molecule has 1 aliphatic heterocycles. The molecule has 0 atom stereocenters. The molecule has 1 heterocycles. The van der Waals surface area contributed by atoms with E-state index in [0.717, 1.165) is 37.9 Å². The van der Waals surface area contributed by atoms with Gasteiger partial charge in [-0.2, -0.15) is 0 Å². The number of amides is 1. The molecule has 3 rings (SSSR count). The zero-order chi connectivity index (χ0) is 19.8. The van der Waals surface area contributed by atoms with Crippen LogP contribution in [0.25, 0.3) is 0 Å². The van der Waals surface area contributed by atoms with Gasteiger partial charge >= 0.3 is 0 Å². The Hall–Kier alpha value is -1.31. The minimum atomic E-state index is 0. The number of carbonyl (C=O) groups is 1. The minimum absolute atomic E-state index is 0. The smallest absolute Gasteiger partial charge is 0.222 e. The van der Waals surface area contributed by atoms with E-state index in [1.54, 1.807) is 0 Å². The molecule has 2 aliphatic rings. The van der Waals surface area contributed by atoms with E-state index < -0.39 is 0 Å². The number of hydrogen-bond donors (Lipinski definition) is 2. The van der Waals surface area contributed by atoms with E-state index in [1.807, 2.05) is 11.9 Å². The summed E-state index contributed by atoms with van der Waals surface area (Å²) in [5, 5.41) is 7.06. The average molecular weight is 512 g/mol. The van der Waals surface area contributed by atoms with Crippen molar-refractivity contribution in [3.8, 4) is 0 Å². The van der Waals surface area contributed by atoms with Gasteiger partial charge in [0.2, 0.25) is 5.91 Å². The standard InChI is InChI=1S/C23H36N4O.HI/c1-3-6-18-10-12-21(13-11-18)26-23(24-2)25-16-19-7-4-8-20(15-19)17-27-14-5-9-22(27)28;/h4,7-8,15,18,21H,3,5-6,9-14,16-17H2,1-2H3,(H2,24,25,26);1H. The number of nitrogens with zero attached hydrogens (tertiary/aromatic N) is 2. The van der Waals surface area contributed by atoms with Crippen LogP contribution in [0.1, 0.15) is 69.4 Å². The summed E-state index contributed by atoms with van der Waals surface area (Å²) >= 11 is 0. The lowest BCUT2D eigenvalue weighted by Gasteiger charge is -2.30. The Morgan fingerprint density at radius 3 is 2.62 bits per heavy atom. The van der Waals surface area contributed by atoms with Crippen molar-refractivity contribution in [2.75, 3.05) is 13.6 Å². The first-order valence-electron chi connectivity index (χ1n) is 11.0. The zero-order valence-corrected chi connectivity index (χ0v) is 20.3. The number of rotatable bonds is 7. The molecule has 1 saturated heterocycles. The number of halogens is 1. The van der Waals surface area contributed by atoms with Crippen LogP contribution < -0.4 is 10.6 Å². The second-order valence-corrected chi connectivity index (χ2v) is 8.32. The second-order valence-electron chi connectivity index (χ2n) is 8.32. The summed E-state index contributed by atoms with van der Waals surface area (Å²) in [5.41, 5.74) is 2.42. The molecule has 2 N–H and O–H groups in total. The number of benzene rings is 1. The third-order valence-electron chi connectivity index (χ3n) is 6.10. The average Bonchev–Trinajstić information content (AvgIpc) is 3.11. The van der Waals surface area contributed by atoms with Crippen LogP contribution >= 0.6 is 24.0 Å². The van der Waals surface area contributed by atoms with Gasteiger partial charge in [-0.1, -0.05) is 44.0 Å².